The molecule has 0 aromatic carbocycles. The van der Waals surface area contributed by atoms with Crippen molar-refractivity contribution >= 4 is 0 Å². The summed E-state index contributed by atoms with van der Waals surface area (Å²) in [6, 6.07) is 0. The Morgan fingerprint density at radius 1 is 1.23 bits per heavy atom. The third kappa shape index (κ3) is 1.63. The molecule has 0 aliphatic heterocycles. The summed E-state index contributed by atoms with van der Waals surface area (Å²) < 4.78 is 0. The monoisotopic (exact) mass is 182 g/mol. The molecule has 2 saturated carbocycles. The van der Waals surface area contributed by atoms with Gasteiger partial charge in [-0.3, -0.25) is 0 Å². The van der Waals surface area contributed by atoms with Crippen LogP contribution in [0.4, 0.5) is 0 Å². The summed E-state index contributed by atoms with van der Waals surface area (Å²) in [5.74, 6) is 1.79. The first-order chi connectivity index (χ1) is 6.12. The van der Waals surface area contributed by atoms with Gasteiger partial charge in [0.2, 0.25) is 0 Å². The number of rotatable bonds is 0. The van der Waals surface area contributed by atoms with Gasteiger partial charge < -0.3 is 5.11 Å². The van der Waals surface area contributed by atoms with E-state index in [4.69, 9.17) is 0 Å². The Bertz CT molecular complexity index is 190. The predicted molar refractivity (Wildman–Crippen MR) is 54.5 cm³/mol. The molecule has 1 N–H and O–H groups in total. The van der Waals surface area contributed by atoms with Crippen LogP contribution in [-0.4, -0.2) is 11.2 Å². The second kappa shape index (κ2) is 3.27. The summed E-state index contributed by atoms with van der Waals surface area (Å²) in [6.45, 7) is 4.80. The van der Waals surface area contributed by atoms with E-state index in [1.54, 1.807) is 0 Å². The van der Waals surface area contributed by atoms with Gasteiger partial charge in [-0.05, 0) is 42.9 Å². The Balaban J connectivity index is 2.13. The average molecular weight is 182 g/mol. The highest BCUT2D eigenvalue weighted by atomic mass is 16.3. The van der Waals surface area contributed by atoms with E-state index >= 15 is 0 Å². The van der Waals surface area contributed by atoms with E-state index in [9.17, 15) is 5.11 Å². The topological polar surface area (TPSA) is 20.2 Å². The van der Waals surface area contributed by atoms with Crippen molar-refractivity contribution in [3.63, 3.8) is 0 Å². The van der Waals surface area contributed by atoms with Crippen molar-refractivity contribution in [2.24, 2.45) is 17.3 Å². The molecular formula is C12H22O. The lowest BCUT2D eigenvalue weighted by atomic mass is 9.56. The minimum absolute atomic E-state index is 0.00782. The zero-order chi connectivity index (χ0) is 9.47. The molecule has 2 fully saturated rings. The normalized spacial score (nSPS) is 51.5. The molecular weight excluding hydrogens is 160 g/mol. The van der Waals surface area contributed by atoms with Crippen molar-refractivity contribution in [2.45, 2.75) is 58.5 Å². The first kappa shape index (κ1) is 9.51. The van der Waals surface area contributed by atoms with E-state index < -0.39 is 0 Å². The lowest BCUT2D eigenvalue weighted by Crippen LogP contribution is -2.42. The number of hydrogen-bond acceptors (Lipinski definition) is 1. The minimum Gasteiger partial charge on any atom is -0.393 e. The fraction of sp³-hybridized carbons (Fsp3) is 1.00. The summed E-state index contributed by atoms with van der Waals surface area (Å²) in [6.07, 6.45) is 7.49. The molecule has 1 nitrogen and oxygen atoms in total. The maximum atomic E-state index is 9.70. The van der Waals surface area contributed by atoms with E-state index in [0.29, 0.717) is 5.41 Å². The minimum atomic E-state index is -0.00782. The quantitative estimate of drug-likeness (QED) is 0.610. The standard InChI is InChI=1S/C12H22O/c1-9-4-3-7-12(2)8-10(13)5-6-11(9)12/h9-11,13H,3-8H2,1-2H3/t9?,10-,11-,12?/m1/s1. The molecule has 4 atom stereocenters. The molecule has 13 heavy (non-hydrogen) atoms. The second-order valence-corrected chi connectivity index (χ2v) is 5.57. The predicted octanol–water partition coefficient (Wildman–Crippen LogP) is 2.97. The van der Waals surface area contributed by atoms with Crippen molar-refractivity contribution in [3.8, 4) is 0 Å². The third-order valence-corrected chi connectivity index (χ3v) is 4.50. The van der Waals surface area contributed by atoms with Crippen molar-refractivity contribution in [2.75, 3.05) is 0 Å². The van der Waals surface area contributed by atoms with Crippen molar-refractivity contribution in [1.82, 2.24) is 0 Å². The van der Waals surface area contributed by atoms with Crippen molar-refractivity contribution in [1.29, 1.82) is 0 Å². The van der Waals surface area contributed by atoms with Gasteiger partial charge >= 0.3 is 0 Å². The second-order valence-electron chi connectivity index (χ2n) is 5.57. The van der Waals surface area contributed by atoms with Crippen LogP contribution in [0.15, 0.2) is 0 Å². The van der Waals surface area contributed by atoms with Crippen LogP contribution in [0.25, 0.3) is 0 Å². The molecule has 0 bridgehead atoms. The van der Waals surface area contributed by atoms with E-state index in [1.165, 1.54) is 25.7 Å². The highest BCUT2D eigenvalue weighted by Gasteiger charge is 2.43. The number of hydrogen-bond donors (Lipinski definition) is 1. The number of fused-ring (bicyclic) bond motifs is 1. The molecule has 2 aliphatic carbocycles. The summed E-state index contributed by atoms with van der Waals surface area (Å²) in [4.78, 5) is 0. The highest BCUT2D eigenvalue weighted by Crippen LogP contribution is 2.52. The maximum absolute atomic E-state index is 9.70. The molecule has 1 heteroatoms. The molecule has 2 aliphatic rings. The largest absolute Gasteiger partial charge is 0.393 e. The third-order valence-electron chi connectivity index (χ3n) is 4.50. The molecule has 2 unspecified atom stereocenters. The van der Waals surface area contributed by atoms with Crippen molar-refractivity contribution in [3.05, 3.63) is 0 Å². The van der Waals surface area contributed by atoms with Gasteiger partial charge in [0.05, 0.1) is 6.10 Å². The molecule has 0 amide bonds. The molecule has 76 valence electrons. The summed E-state index contributed by atoms with van der Waals surface area (Å²) in [5, 5.41) is 9.70. The number of aliphatic hydroxyl groups excluding tert-OH is 1. The van der Waals surface area contributed by atoms with Gasteiger partial charge in [0.1, 0.15) is 0 Å². The van der Waals surface area contributed by atoms with Crippen LogP contribution in [0.2, 0.25) is 0 Å². The SMILES string of the molecule is CC1CCCC2(C)C[C@H](O)CC[C@H]12. The highest BCUT2D eigenvalue weighted by molar-refractivity contribution is 4.94. The van der Waals surface area contributed by atoms with Gasteiger partial charge in [0, 0.05) is 0 Å². The fourth-order valence-electron chi connectivity index (χ4n) is 3.80. The van der Waals surface area contributed by atoms with Gasteiger partial charge in [0.25, 0.3) is 0 Å². The molecule has 0 heterocycles. The van der Waals surface area contributed by atoms with E-state index in [-0.39, 0.29) is 6.10 Å². The van der Waals surface area contributed by atoms with Gasteiger partial charge in [-0.1, -0.05) is 26.7 Å². The Hall–Kier alpha value is -0.0400. The molecule has 2 rings (SSSR count). The van der Waals surface area contributed by atoms with Crippen LogP contribution >= 0.6 is 0 Å². The maximum Gasteiger partial charge on any atom is 0.0545 e. The van der Waals surface area contributed by atoms with E-state index in [0.717, 1.165) is 24.7 Å². The van der Waals surface area contributed by atoms with Crippen molar-refractivity contribution < 1.29 is 5.11 Å². The smallest absolute Gasteiger partial charge is 0.0545 e. The molecule has 0 spiro atoms. The Morgan fingerprint density at radius 3 is 2.77 bits per heavy atom. The lowest BCUT2D eigenvalue weighted by molar-refractivity contribution is -0.0371. The van der Waals surface area contributed by atoms with Crippen LogP contribution in [-0.2, 0) is 0 Å². The van der Waals surface area contributed by atoms with Crippen LogP contribution in [0.1, 0.15) is 52.4 Å². The lowest BCUT2D eigenvalue weighted by Gasteiger charge is -2.49. The Morgan fingerprint density at radius 2 is 2.00 bits per heavy atom. The first-order valence-corrected chi connectivity index (χ1v) is 5.80. The zero-order valence-electron chi connectivity index (χ0n) is 8.92. The molecule has 0 radical (unpaired) electrons. The zero-order valence-corrected chi connectivity index (χ0v) is 8.92. The summed E-state index contributed by atoms with van der Waals surface area (Å²) >= 11 is 0. The van der Waals surface area contributed by atoms with Gasteiger partial charge in [-0.15, -0.1) is 0 Å². The first-order valence-electron chi connectivity index (χ1n) is 5.80. The molecule has 0 saturated heterocycles. The number of aliphatic hydroxyl groups is 1. The Kier molecular flexibility index (Phi) is 2.39. The molecule has 0 aromatic rings. The van der Waals surface area contributed by atoms with E-state index in [2.05, 4.69) is 13.8 Å². The van der Waals surface area contributed by atoms with Crippen LogP contribution in [0, 0.1) is 17.3 Å². The van der Waals surface area contributed by atoms with Crippen LogP contribution in [0.3, 0.4) is 0 Å². The molecule has 0 aromatic heterocycles. The van der Waals surface area contributed by atoms with Gasteiger partial charge in [-0.25, -0.2) is 0 Å². The average Bonchev–Trinajstić information content (AvgIpc) is 2.02. The summed E-state index contributed by atoms with van der Waals surface area (Å²) in [5.41, 5.74) is 0.468. The van der Waals surface area contributed by atoms with Crippen LogP contribution < -0.4 is 0 Å². The van der Waals surface area contributed by atoms with Gasteiger partial charge in [0.15, 0.2) is 0 Å². The van der Waals surface area contributed by atoms with Gasteiger partial charge in [-0.2, -0.15) is 0 Å². The summed E-state index contributed by atoms with van der Waals surface area (Å²) in [7, 11) is 0. The fourth-order valence-corrected chi connectivity index (χ4v) is 3.80. The Labute approximate surface area is 81.5 Å². The van der Waals surface area contributed by atoms with E-state index in [1.807, 2.05) is 0 Å². The van der Waals surface area contributed by atoms with Crippen LogP contribution in [0.5, 0.6) is 0 Å².